The van der Waals surface area contributed by atoms with Crippen LogP contribution in [0.1, 0.15) is 28.2 Å². The van der Waals surface area contributed by atoms with Crippen LogP contribution in [0.3, 0.4) is 0 Å². The molecule has 3 N–H and O–H groups in total. The molecule has 1 aromatic heterocycles. The van der Waals surface area contributed by atoms with Crippen molar-refractivity contribution in [2.24, 2.45) is 0 Å². The van der Waals surface area contributed by atoms with Crippen LogP contribution in [0.4, 0.5) is 0 Å². The van der Waals surface area contributed by atoms with Crippen molar-refractivity contribution in [2.75, 3.05) is 0 Å². The smallest absolute Gasteiger partial charge is 0.273 e. The number of nitrogens with zero attached hydrogens (tertiary/aromatic N) is 2. The van der Waals surface area contributed by atoms with E-state index >= 15 is 0 Å². The van der Waals surface area contributed by atoms with Crippen molar-refractivity contribution in [2.45, 2.75) is 19.8 Å². The SMILES string of the molecule is Cc1ccc(-c2nnc(CCC(=O)NNC(=O)c3ccccc3O)o2)cc1. The van der Waals surface area contributed by atoms with Crippen molar-refractivity contribution in [1.82, 2.24) is 21.0 Å². The van der Waals surface area contributed by atoms with Crippen molar-refractivity contribution in [3.05, 3.63) is 65.5 Å². The topological polar surface area (TPSA) is 117 Å². The third-order valence-corrected chi connectivity index (χ3v) is 3.80. The molecule has 0 aliphatic heterocycles. The molecule has 0 spiro atoms. The highest BCUT2D eigenvalue weighted by Crippen LogP contribution is 2.18. The third kappa shape index (κ3) is 4.69. The number of hydrogen-bond acceptors (Lipinski definition) is 6. The first-order valence-electron chi connectivity index (χ1n) is 8.29. The van der Waals surface area contributed by atoms with Gasteiger partial charge in [-0.1, -0.05) is 29.8 Å². The van der Waals surface area contributed by atoms with Gasteiger partial charge in [0, 0.05) is 18.4 Å². The summed E-state index contributed by atoms with van der Waals surface area (Å²) in [4.78, 5) is 23.8. The predicted molar refractivity (Wildman–Crippen MR) is 96.5 cm³/mol. The van der Waals surface area contributed by atoms with E-state index in [1.54, 1.807) is 12.1 Å². The summed E-state index contributed by atoms with van der Waals surface area (Å²) in [5, 5.41) is 17.5. The standard InChI is InChI=1S/C19H18N4O4/c1-12-6-8-13(9-7-12)19-23-21-17(27-19)11-10-16(25)20-22-18(26)14-4-2-3-5-15(14)24/h2-9,24H,10-11H2,1H3,(H,20,25)(H,22,26). The van der Waals surface area contributed by atoms with Crippen molar-refractivity contribution >= 4 is 11.8 Å². The number of rotatable bonds is 5. The van der Waals surface area contributed by atoms with Crippen molar-refractivity contribution in [3.8, 4) is 17.2 Å². The molecule has 0 saturated carbocycles. The number of amides is 2. The molecular weight excluding hydrogens is 348 g/mol. The van der Waals surface area contributed by atoms with Gasteiger partial charge in [0.2, 0.25) is 17.7 Å². The molecule has 3 aromatic rings. The minimum absolute atomic E-state index is 0.0522. The lowest BCUT2D eigenvalue weighted by atomic mass is 10.1. The van der Waals surface area contributed by atoms with Crippen molar-refractivity contribution in [3.63, 3.8) is 0 Å². The Hall–Kier alpha value is -3.68. The summed E-state index contributed by atoms with van der Waals surface area (Å²) in [6.07, 6.45) is 0.285. The summed E-state index contributed by atoms with van der Waals surface area (Å²) in [6.45, 7) is 1.99. The van der Waals surface area contributed by atoms with E-state index in [0.29, 0.717) is 11.8 Å². The Morgan fingerprint density at radius 1 is 1.04 bits per heavy atom. The number of aromatic nitrogens is 2. The van der Waals surface area contributed by atoms with E-state index in [1.165, 1.54) is 12.1 Å². The minimum Gasteiger partial charge on any atom is -0.507 e. The van der Waals surface area contributed by atoms with Crippen molar-refractivity contribution < 1.29 is 19.1 Å². The largest absolute Gasteiger partial charge is 0.507 e. The Balaban J connectivity index is 1.49. The Kier molecular flexibility index (Phi) is 5.46. The zero-order valence-corrected chi connectivity index (χ0v) is 14.6. The van der Waals surface area contributed by atoms with E-state index in [-0.39, 0.29) is 24.2 Å². The first kappa shape index (κ1) is 18.1. The number of hydrazine groups is 1. The van der Waals surface area contributed by atoms with Crippen LogP contribution in [0, 0.1) is 6.92 Å². The van der Waals surface area contributed by atoms with E-state index in [1.807, 2.05) is 31.2 Å². The fraction of sp³-hybridized carbons (Fsp3) is 0.158. The van der Waals surface area contributed by atoms with Gasteiger partial charge in [-0.3, -0.25) is 20.4 Å². The van der Waals surface area contributed by atoms with Crippen molar-refractivity contribution in [1.29, 1.82) is 0 Å². The number of carbonyl (C=O) groups excluding carboxylic acids is 2. The summed E-state index contributed by atoms with van der Waals surface area (Å²) < 4.78 is 5.55. The van der Waals surface area contributed by atoms with E-state index < -0.39 is 11.8 Å². The number of phenolic OH excluding ortho intramolecular Hbond substituents is 1. The van der Waals surface area contributed by atoms with Gasteiger partial charge < -0.3 is 9.52 Å². The maximum absolute atomic E-state index is 11.9. The summed E-state index contributed by atoms with van der Waals surface area (Å²) in [6, 6.07) is 13.7. The van der Waals surface area contributed by atoms with Crippen LogP contribution in [-0.2, 0) is 11.2 Å². The van der Waals surface area contributed by atoms with Crippen LogP contribution in [0.25, 0.3) is 11.5 Å². The molecule has 138 valence electrons. The maximum atomic E-state index is 11.9. The van der Waals surface area contributed by atoms with Gasteiger partial charge in [-0.2, -0.15) is 0 Å². The second-order valence-electron chi connectivity index (χ2n) is 5.89. The zero-order valence-electron chi connectivity index (χ0n) is 14.6. The first-order valence-corrected chi connectivity index (χ1v) is 8.29. The van der Waals surface area contributed by atoms with Crippen LogP contribution in [0.2, 0.25) is 0 Å². The Labute approximate surface area is 155 Å². The molecule has 8 heteroatoms. The molecule has 0 atom stereocenters. The molecule has 2 amide bonds. The Bertz CT molecular complexity index is 950. The number of aryl methyl sites for hydroxylation is 2. The first-order chi connectivity index (χ1) is 13.0. The lowest BCUT2D eigenvalue weighted by Crippen LogP contribution is -2.41. The molecule has 0 saturated heterocycles. The van der Waals surface area contributed by atoms with Gasteiger partial charge in [0.05, 0.1) is 5.56 Å². The maximum Gasteiger partial charge on any atom is 0.273 e. The van der Waals surface area contributed by atoms with Crippen LogP contribution in [0.15, 0.2) is 52.9 Å². The fourth-order valence-corrected chi connectivity index (χ4v) is 2.31. The number of benzene rings is 2. The molecule has 2 aromatic carbocycles. The molecule has 0 radical (unpaired) electrons. The predicted octanol–water partition coefficient (Wildman–Crippen LogP) is 2.14. The highest BCUT2D eigenvalue weighted by atomic mass is 16.4. The molecule has 0 aliphatic carbocycles. The van der Waals surface area contributed by atoms with Crippen LogP contribution < -0.4 is 10.9 Å². The molecule has 0 fully saturated rings. The van der Waals surface area contributed by atoms with E-state index in [2.05, 4.69) is 21.0 Å². The van der Waals surface area contributed by atoms with Gasteiger partial charge in [0.25, 0.3) is 5.91 Å². The normalized spacial score (nSPS) is 10.4. The molecular formula is C19H18N4O4. The van der Waals surface area contributed by atoms with Gasteiger partial charge in [0.1, 0.15) is 5.75 Å². The Morgan fingerprint density at radius 3 is 2.52 bits per heavy atom. The lowest BCUT2D eigenvalue weighted by molar-refractivity contribution is -0.121. The molecule has 0 aliphatic rings. The number of carbonyl (C=O) groups is 2. The van der Waals surface area contributed by atoms with Crippen LogP contribution in [-0.4, -0.2) is 27.1 Å². The summed E-state index contributed by atoms with van der Waals surface area (Å²) in [7, 11) is 0. The highest BCUT2D eigenvalue weighted by molar-refractivity contribution is 5.97. The molecule has 3 rings (SSSR count). The number of hydrogen-bond donors (Lipinski definition) is 3. The Morgan fingerprint density at radius 2 is 1.78 bits per heavy atom. The van der Waals surface area contributed by atoms with E-state index in [4.69, 9.17) is 4.42 Å². The number of aromatic hydroxyl groups is 1. The van der Waals surface area contributed by atoms with Gasteiger partial charge in [-0.25, -0.2) is 0 Å². The number of nitrogens with one attached hydrogen (secondary N) is 2. The quantitative estimate of drug-likeness (QED) is 0.596. The second-order valence-corrected chi connectivity index (χ2v) is 5.89. The average Bonchev–Trinajstić information content (AvgIpc) is 3.14. The molecule has 0 bridgehead atoms. The van der Waals surface area contributed by atoms with Gasteiger partial charge in [-0.15, -0.1) is 10.2 Å². The van der Waals surface area contributed by atoms with Gasteiger partial charge >= 0.3 is 0 Å². The molecule has 8 nitrogen and oxygen atoms in total. The van der Waals surface area contributed by atoms with E-state index in [0.717, 1.165) is 11.1 Å². The zero-order chi connectivity index (χ0) is 19.2. The fourth-order valence-electron chi connectivity index (χ4n) is 2.31. The summed E-state index contributed by atoms with van der Waals surface area (Å²) in [5.74, 6) is -0.487. The van der Waals surface area contributed by atoms with Crippen LogP contribution >= 0.6 is 0 Å². The summed E-state index contributed by atoms with van der Waals surface area (Å²) >= 11 is 0. The van der Waals surface area contributed by atoms with Gasteiger partial charge in [-0.05, 0) is 31.2 Å². The average molecular weight is 366 g/mol. The van der Waals surface area contributed by atoms with E-state index in [9.17, 15) is 14.7 Å². The summed E-state index contributed by atoms with van der Waals surface area (Å²) in [5.41, 5.74) is 6.53. The lowest BCUT2D eigenvalue weighted by Gasteiger charge is -2.07. The van der Waals surface area contributed by atoms with Gasteiger partial charge in [0.15, 0.2) is 0 Å². The minimum atomic E-state index is -0.610. The third-order valence-electron chi connectivity index (χ3n) is 3.80. The highest BCUT2D eigenvalue weighted by Gasteiger charge is 2.13. The molecule has 0 unspecified atom stereocenters. The number of para-hydroxylation sites is 1. The molecule has 1 heterocycles. The number of phenols is 1. The monoisotopic (exact) mass is 366 g/mol. The van der Waals surface area contributed by atoms with Crippen LogP contribution in [0.5, 0.6) is 5.75 Å². The second kappa shape index (κ2) is 8.13. The molecule has 27 heavy (non-hydrogen) atoms.